The first-order valence-electron chi connectivity index (χ1n) is 7.70. The van der Waals surface area contributed by atoms with Gasteiger partial charge in [-0.25, -0.2) is 0 Å². The molecule has 2 aromatic carbocycles. The van der Waals surface area contributed by atoms with Crippen LogP contribution in [0.4, 0.5) is 11.4 Å². The predicted molar refractivity (Wildman–Crippen MR) is 93.5 cm³/mol. The largest absolute Gasteiger partial charge is 0.370 e. The van der Waals surface area contributed by atoms with Crippen LogP contribution in [0.5, 0.6) is 0 Å². The first-order valence-corrected chi connectivity index (χ1v) is 7.70. The smallest absolute Gasteiger partial charge is 0.193 e. The molecule has 4 heteroatoms. The SMILES string of the molecule is CC(CN=C(N)Nc1ccccc1)N1CCc2ccccc21. The first kappa shape index (κ1) is 14.4. The molecule has 3 N–H and O–H groups in total. The maximum absolute atomic E-state index is 5.97. The minimum atomic E-state index is 0.333. The third kappa shape index (κ3) is 3.22. The Labute approximate surface area is 131 Å². The van der Waals surface area contributed by atoms with Gasteiger partial charge in [-0.2, -0.15) is 0 Å². The molecule has 1 atom stereocenters. The molecule has 0 fully saturated rings. The number of nitrogens with zero attached hydrogens (tertiary/aromatic N) is 2. The summed E-state index contributed by atoms with van der Waals surface area (Å²) in [5.41, 5.74) is 9.69. The van der Waals surface area contributed by atoms with Crippen LogP contribution in [0.3, 0.4) is 0 Å². The summed E-state index contributed by atoms with van der Waals surface area (Å²) in [6.07, 6.45) is 1.11. The highest BCUT2D eigenvalue weighted by atomic mass is 15.2. The van der Waals surface area contributed by atoms with Gasteiger partial charge in [0.15, 0.2) is 5.96 Å². The highest BCUT2D eigenvalue weighted by Crippen LogP contribution is 2.29. The highest BCUT2D eigenvalue weighted by molar-refractivity contribution is 5.92. The van der Waals surface area contributed by atoms with Gasteiger partial charge in [0.05, 0.1) is 6.54 Å². The average Bonchev–Trinajstić information content (AvgIpc) is 2.98. The Morgan fingerprint density at radius 2 is 1.91 bits per heavy atom. The molecule has 0 radical (unpaired) electrons. The number of aliphatic imine (C=N–C) groups is 1. The van der Waals surface area contributed by atoms with E-state index in [0.29, 0.717) is 18.5 Å². The van der Waals surface area contributed by atoms with Crippen molar-refractivity contribution < 1.29 is 0 Å². The molecule has 0 amide bonds. The normalized spacial score (nSPS) is 15.5. The molecule has 1 aliphatic rings. The summed E-state index contributed by atoms with van der Waals surface area (Å²) in [7, 11) is 0. The van der Waals surface area contributed by atoms with Crippen molar-refractivity contribution in [3.8, 4) is 0 Å². The third-order valence-electron chi connectivity index (χ3n) is 4.03. The number of benzene rings is 2. The fourth-order valence-corrected chi connectivity index (χ4v) is 2.86. The molecule has 1 aliphatic heterocycles. The fourth-order valence-electron chi connectivity index (χ4n) is 2.86. The number of nitrogens with one attached hydrogen (secondary N) is 1. The monoisotopic (exact) mass is 294 g/mol. The second-order valence-corrected chi connectivity index (χ2v) is 5.64. The van der Waals surface area contributed by atoms with Crippen LogP contribution in [0.15, 0.2) is 59.6 Å². The number of para-hydroxylation sites is 2. The van der Waals surface area contributed by atoms with Crippen LogP contribution in [-0.4, -0.2) is 25.1 Å². The molecule has 0 aliphatic carbocycles. The van der Waals surface area contributed by atoms with Crippen LogP contribution in [-0.2, 0) is 6.42 Å². The van der Waals surface area contributed by atoms with Gasteiger partial charge in [0.2, 0.25) is 0 Å². The van der Waals surface area contributed by atoms with Gasteiger partial charge in [0, 0.05) is 24.0 Å². The predicted octanol–water partition coefficient (Wildman–Crippen LogP) is 2.86. The van der Waals surface area contributed by atoms with Crippen molar-refractivity contribution in [2.75, 3.05) is 23.3 Å². The minimum Gasteiger partial charge on any atom is -0.370 e. The zero-order chi connectivity index (χ0) is 15.4. The topological polar surface area (TPSA) is 53.6 Å². The van der Waals surface area contributed by atoms with E-state index in [9.17, 15) is 0 Å². The second-order valence-electron chi connectivity index (χ2n) is 5.64. The summed E-state index contributed by atoms with van der Waals surface area (Å²) in [6, 6.07) is 18.8. The number of nitrogens with two attached hydrogens (primary N) is 1. The Balaban J connectivity index is 1.60. The molecular formula is C18H22N4. The quantitative estimate of drug-likeness (QED) is 0.673. The lowest BCUT2D eigenvalue weighted by molar-refractivity contribution is 0.663. The van der Waals surface area contributed by atoms with Gasteiger partial charge < -0.3 is 16.0 Å². The highest BCUT2D eigenvalue weighted by Gasteiger charge is 2.22. The van der Waals surface area contributed by atoms with E-state index in [-0.39, 0.29) is 0 Å². The molecule has 1 unspecified atom stereocenters. The molecule has 3 rings (SSSR count). The Hall–Kier alpha value is -2.49. The van der Waals surface area contributed by atoms with Crippen molar-refractivity contribution in [3.05, 3.63) is 60.2 Å². The molecule has 0 saturated heterocycles. The standard InChI is InChI=1S/C18H22N4/c1-14(22-12-11-15-7-5-6-10-17(15)22)13-20-18(19)21-16-8-3-2-4-9-16/h2-10,14H,11-13H2,1H3,(H3,19,20,21). The molecule has 0 aromatic heterocycles. The van der Waals surface area contributed by atoms with Gasteiger partial charge in [-0.1, -0.05) is 36.4 Å². The van der Waals surface area contributed by atoms with Crippen LogP contribution in [0, 0.1) is 0 Å². The zero-order valence-corrected chi connectivity index (χ0v) is 12.9. The summed E-state index contributed by atoms with van der Waals surface area (Å²) >= 11 is 0. The fraction of sp³-hybridized carbons (Fsp3) is 0.278. The Bertz CT molecular complexity index is 651. The molecule has 1 heterocycles. The van der Waals surface area contributed by atoms with Crippen LogP contribution in [0.1, 0.15) is 12.5 Å². The number of fused-ring (bicyclic) bond motifs is 1. The van der Waals surface area contributed by atoms with Gasteiger partial charge in [0.25, 0.3) is 0 Å². The van der Waals surface area contributed by atoms with E-state index >= 15 is 0 Å². The number of anilines is 2. The maximum Gasteiger partial charge on any atom is 0.193 e. The molecule has 114 valence electrons. The van der Waals surface area contributed by atoms with Crippen LogP contribution in [0.2, 0.25) is 0 Å². The Kier molecular flexibility index (Phi) is 4.28. The molecule has 4 nitrogen and oxygen atoms in total. The van der Waals surface area contributed by atoms with Crippen molar-refractivity contribution in [1.29, 1.82) is 0 Å². The van der Waals surface area contributed by atoms with Gasteiger partial charge in [-0.15, -0.1) is 0 Å². The molecule has 2 aromatic rings. The average molecular weight is 294 g/mol. The van der Waals surface area contributed by atoms with E-state index < -0.39 is 0 Å². The number of rotatable bonds is 4. The third-order valence-corrected chi connectivity index (χ3v) is 4.03. The maximum atomic E-state index is 5.97. The lowest BCUT2D eigenvalue weighted by Gasteiger charge is -2.26. The van der Waals surface area contributed by atoms with Gasteiger partial charge in [0.1, 0.15) is 0 Å². The van der Waals surface area contributed by atoms with E-state index in [1.165, 1.54) is 11.3 Å². The number of hydrogen-bond donors (Lipinski definition) is 2. The summed E-state index contributed by atoms with van der Waals surface area (Å²) in [4.78, 5) is 6.89. The van der Waals surface area contributed by atoms with Crippen molar-refractivity contribution in [1.82, 2.24) is 0 Å². The first-order chi connectivity index (χ1) is 10.7. The lowest BCUT2D eigenvalue weighted by atomic mass is 10.2. The minimum absolute atomic E-state index is 0.333. The van der Waals surface area contributed by atoms with E-state index in [4.69, 9.17) is 5.73 Å². The zero-order valence-electron chi connectivity index (χ0n) is 12.9. The van der Waals surface area contributed by atoms with Gasteiger partial charge in [-0.05, 0) is 37.1 Å². The number of hydrogen-bond acceptors (Lipinski definition) is 2. The Morgan fingerprint density at radius 1 is 1.18 bits per heavy atom. The summed E-state index contributed by atoms with van der Waals surface area (Å²) in [5.74, 6) is 0.463. The van der Waals surface area contributed by atoms with Crippen LogP contribution >= 0.6 is 0 Å². The van der Waals surface area contributed by atoms with E-state index in [2.05, 4.69) is 46.4 Å². The van der Waals surface area contributed by atoms with Crippen LogP contribution in [0.25, 0.3) is 0 Å². The second kappa shape index (κ2) is 6.52. The Morgan fingerprint density at radius 3 is 2.73 bits per heavy atom. The van der Waals surface area contributed by atoms with Crippen molar-refractivity contribution in [2.24, 2.45) is 10.7 Å². The van der Waals surface area contributed by atoms with Gasteiger partial charge in [-0.3, -0.25) is 4.99 Å². The summed E-state index contributed by atoms with van der Waals surface area (Å²) in [5, 5.41) is 3.12. The van der Waals surface area contributed by atoms with Gasteiger partial charge >= 0.3 is 0 Å². The molecule has 0 spiro atoms. The molecular weight excluding hydrogens is 272 g/mol. The van der Waals surface area contributed by atoms with Crippen molar-refractivity contribution in [3.63, 3.8) is 0 Å². The molecule has 0 saturated carbocycles. The van der Waals surface area contributed by atoms with E-state index in [1.54, 1.807) is 0 Å². The molecule has 22 heavy (non-hydrogen) atoms. The van der Waals surface area contributed by atoms with Crippen LogP contribution < -0.4 is 16.0 Å². The van der Waals surface area contributed by atoms with E-state index in [0.717, 1.165) is 18.7 Å². The van der Waals surface area contributed by atoms with Crippen molar-refractivity contribution in [2.45, 2.75) is 19.4 Å². The summed E-state index contributed by atoms with van der Waals surface area (Å²) in [6.45, 7) is 3.93. The van der Waals surface area contributed by atoms with E-state index in [1.807, 2.05) is 30.3 Å². The number of guanidine groups is 1. The molecule has 0 bridgehead atoms. The lowest BCUT2D eigenvalue weighted by Crippen LogP contribution is -2.35. The summed E-state index contributed by atoms with van der Waals surface area (Å²) < 4.78 is 0. The van der Waals surface area contributed by atoms with Crippen molar-refractivity contribution >= 4 is 17.3 Å².